The van der Waals surface area contributed by atoms with Crippen LogP contribution in [0, 0.1) is 0 Å². The highest BCUT2D eigenvalue weighted by Gasteiger charge is 2.04. The van der Waals surface area contributed by atoms with E-state index < -0.39 is 0 Å². The predicted octanol–water partition coefficient (Wildman–Crippen LogP) is 3.16. The number of rotatable bonds is 19. The van der Waals surface area contributed by atoms with Gasteiger partial charge in [0, 0.05) is 0 Å². The number of hydrogen-bond donors (Lipinski definition) is 2. The molecule has 0 bridgehead atoms. The summed E-state index contributed by atoms with van der Waals surface area (Å²) in [6.45, 7) is 5.88. The molecule has 0 aromatic carbocycles. The van der Waals surface area contributed by atoms with Crippen LogP contribution >= 0.6 is 0 Å². The molecule has 2 aromatic rings. The quantitative estimate of drug-likeness (QED) is 0.272. The Balaban J connectivity index is 1.35. The molecule has 2 rings (SSSR count). The summed E-state index contributed by atoms with van der Waals surface area (Å²) in [5.41, 5.74) is 11.1. The van der Waals surface area contributed by atoms with Crippen LogP contribution in [0.2, 0.25) is 0 Å². The Hall–Kier alpha value is -1.66. The minimum Gasteiger partial charge on any atom is -0.330 e. The van der Waals surface area contributed by atoms with E-state index in [1.165, 1.54) is 64.2 Å². The van der Waals surface area contributed by atoms with E-state index in [-0.39, 0.29) is 0 Å². The van der Waals surface area contributed by atoms with Crippen LogP contribution in [0.25, 0.3) is 0 Å². The van der Waals surface area contributed by atoms with Crippen LogP contribution in [0.15, 0.2) is 37.4 Å². The van der Waals surface area contributed by atoms with Gasteiger partial charge in [-0.15, -0.1) is 0 Å². The molecular formula is C24H46N6+2. The van der Waals surface area contributed by atoms with Crippen molar-refractivity contribution in [1.29, 1.82) is 0 Å². The number of hydrogen-bond acceptors (Lipinski definition) is 2. The molecule has 6 nitrogen and oxygen atoms in total. The molecule has 30 heavy (non-hydrogen) atoms. The summed E-state index contributed by atoms with van der Waals surface area (Å²) in [6.07, 6.45) is 28.9. The molecule has 0 spiro atoms. The minimum absolute atomic E-state index is 0.766. The van der Waals surface area contributed by atoms with Crippen LogP contribution in [0.5, 0.6) is 0 Å². The van der Waals surface area contributed by atoms with Crippen molar-refractivity contribution in [2.24, 2.45) is 11.5 Å². The first-order valence-electron chi connectivity index (χ1n) is 12.3. The Bertz CT molecular complexity index is 591. The fourth-order valence-corrected chi connectivity index (χ4v) is 3.96. The SMILES string of the molecule is NCCCn1cc[n+](CCCCCCCCCCCCn2cc[n+](CCCN)c2)c1. The summed E-state index contributed by atoms with van der Waals surface area (Å²) in [7, 11) is 0. The number of nitrogens with two attached hydrogens (primary N) is 2. The number of unbranched alkanes of at least 4 members (excludes halogenated alkanes) is 9. The molecule has 6 heteroatoms. The van der Waals surface area contributed by atoms with Gasteiger partial charge in [-0.2, -0.15) is 0 Å². The highest BCUT2D eigenvalue weighted by atomic mass is 15.1. The highest BCUT2D eigenvalue weighted by Crippen LogP contribution is 2.11. The number of nitrogens with zero attached hydrogens (tertiary/aromatic N) is 4. The van der Waals surface area contributed by atoms with E-state index in [2.05, 4.69) is 55.7 Å². The normalized spacial score (nSPS) is 11.4. The monoisotopic (exact) mass is 418 g/mol. The Morgan fingerprint density at radius 2 is 0.933 bits per heavy atom. The summed E-state index contributed by atoms with van der Waals surface area (Å²) in [5.74, 6) is 0. The van der Waals surface area contributed by atoms with Gasteiger partial charge >= 0.3 is 0 Å². The third-order valence-electron chi connectivity index (χ3n) is 5.82. The molecule has 2 aromatic heterocycles. The standard InChI is InChI=1S/C24H46N6/c25-13-11-17-29-21-19-27(23-29)15-9-7-5-3-1-2-4-6-8-10-16-28-20-22-30(24-28)18-12-14-26/h19-24H,1-18,25-26H2/q+2. The lowest BCUT2D eigenvalue weighted by Gasteiger charge is -2.02. The van der Waals surface area contributed by atoms with E-state index in [1.54, 1.807) is 0 Å². The Labute approximate surface area is 183 Å². The lowest BCUT2D eigenvalue weighted by molar-refractivity contribution is -0.697. The Morgan fingerprint density at radius 1 is 0.500 bits per heavy atom. The summed E-state index contributed by atoms with van der Waals surface area (Å²) < 4.78 is 9.10. The van der Waals surface area contributed by atoms with Gasteiger partial charge in [0.05, 0.1) is 26.2 Å². The second kappa shape index (κ2) is 16.1. The molecule has 0 aliphatic carbocycles. The van der Waals surface area contributed by atoms with Crippen molar-refractivity contribution in [3.05, 3.63) is 37.4 Å². The molecule has 0 radical (unpaired) electrons. The fraction of sp³-hybridized carbons (Fsp3) is 0.750. The van der Waals surface area contributed by atoms with Crippen molar-refractivity contribution in [2.45, 2.75) is 103 Å². The number of aryl methyl sites for hydroxylation is 4. The van der Waals surface area contributed by atoms with E-state index in [9.17, 15) is 0 Å². The van der Waals surface area contributed by atoms with Crippen LogP contribution in [0.1, 0.15) is 77.0 Å². The van der Waals surface area contributed by atoms with Gasteiger partial charge < -0.3 is 11.5 Å². The first kappa shape index (κ1) is 24.6. The molecule has 0 aliphatic heterocycles. The second-order valence-corrected chi connectivity index (χ2v) is 8.60. The van der Waals surface area contributed by atoms with Gasteiger partial charge in [-0.1, -0.05) is 38.5 Å². The topological polar surface area (TPSA) is 69.7 Å². The Morgan fingerprint density at radius 3 is 1.47 bits per heavy atom. The zero-order chi connectivity index (χ0) is 21.3. The largest absolute Gasteiger partial charge is 0.330 e. The summed E-state index contributed by atoms with van der Waals surface area (Å²) in [5, 5.41) is 0. The van der Waals surface area contributed by atoms with Gasteiger partial charge in [-0.05, 0) is 51.6 Å². The fourth-order valence-electron chi connectivity index (χ4n) is 3.96. The molecule has 0 amide bonds. The number of aromatic nitrogens is 4. The van der Waals surface area contributed by atoms with Crippen LogP contribution in [-0.2, 0) is 26.2 Å². The van der Waals surface area contributed by atoms with Crippen molar-refractivity contribution >= 4 is 0 Å². The summed E-state index contributed by atoms with van der Waals surface area (Å²) in [4.78, 5) is 0. The maximum absolute atomic E-state index is 5.57. The van der Waals surface area contributed by atoms with Gasteiger partial charge in [0.1, 0.15) is 24.8 Å². The first-order valence-corrected chi connectivity index (χ1v) is 12.3. The lowest BCUT2D eigenvalue weighted by Crippen LogP contribution is -2.32. The molecule has 0 aliphatic rings. The van der Waals surface area contributed by atoms with Crippen molar-refractivity contribution < 1.29 is 9.13 Å². The highest BCUT2D eigenvalue weighted by molar-refractivity contribution is 4.67. The lowest BCUT2D eigenvalue weighted by atomic mass is 10.1. The van der Waals surface area contributed by atoms with Gasteiger partial charge in [-0.3, -0.25) is 0 Å². The van der Waals surface area contributed by atoms with Crippen molar-refractivity contribution in [3.8, 4) is 0 Å². The van der Waals surface area contributed by atoms with Crippen molar-refractivity contribution in [1.82, 2.24) is 9.13 Å². The van der Waals surface area contributed by atoms with Gasteiger partial charge in [0.25, 0.3) is 0 Å². The molecule has 0 saturated carbocycles. The Kier molecular flexibility index (Phi) is 13.2. The molecular weight excluding hydrogens is 372 g/mol. The van der Waals surface area contributed by atoms with E-state index in [0.29, 0.717) is 0 Å². The van der Waals surface area contributed by atoms with E-state index >= 15 is 0 Å². The van der Waals surface area contributed by atoms with E-state index in [0.717, 1.165) is 52.1 Å². The molecule has 0 saturated heterocycles. The average Bonchev–Trinajstić information content (AvgIpc) is 3.41. The smallest absolute Gasteiger partial charge is 0.243 e. The molecule has 0 atom stereocenters. The molecule has 0 unspecified atom stereocenters. The first-order chi connectivity index (χ1) is 14.8. The zero-order valence-electron chi connectivity index (χ0n) is 19.1. The molecule has 4 N–H and O–H groups in total. The second-order valence-electron chi connectivity index (χ2n) is 8.60. The third-order valence-corrected chi connectivity index (χ3v) is 5.82. The third kappa shape index (κ3) is 10.9. The van der Waals surface area contributed by atoms with Crippen LogP contribution in [0.3, 0.4) is 0 Å². The zero-order valence-corrected chi connectivity index (χ0v) is 19.1. The molecule has 170 valence electrons. The van der Waals surface area contributed by atoms with Crippen LogP contribution in [-0.4, -0.2) is 22.2 Å². The van der Waals surface area contributed by atoms with Crippen LogP contribution in [0.4, 0.5) is 0 Å². The summed E-state index contributed by atoms with van der Waals surface area (Å²) >= 11 is 0. The van der Waals surface area contributed by atoms with E-state index in [4.69, 9.17) is 11.5 Å². The average molecular weight is 419 g/mol. The maximum atomic E-state index is 5.57. The molecule has 2 heterocycles. The molecule has 0 fully saturated rings. The van der Waals surface area contributed by atoms with Gasteiger partial charge in [0.15, 0.2) is 0 Å². The van der Waals surface area contributed by atoms with Crippen molar-refractivity contribution in [3.63, 3.8) is 0 Å². The van der Waals surface area contributed by atoms with E-state index in [1.807, 2.05) is 0 Å². The predicted molar refractivity (Wildman–Crippen MR) is 123 cm³/mol. The van der Waals surface area contributed by atoms with Crippen molar-refractivity contribution in [2.75, 3.05) is 13.1 Å². The maximum Gasteiger partial charge on any atom is 0.243 e. The minimum atomic E-state index is 0.766. The number of imidazole rings is 2. The van der Waals surface area contributed by atoms with Gasteiger partial charge in [0.2, 0.25) is 12.7 Å². The van der Waals surface area contributed by atoms with Crippen LogP contribution < -0.4 is 20.6 Å². The van der Waals surface area contributed by atoms with Gasteiger partial charge in [-0.25, -0.2) is 18.3 Å². The summed E-state index contributed by atoms with van der Waals surface area (Å²) in [6, 6.07) is 0.